The van der Waals surface area contributed by atoms with E-state index < -0.39 is 0 Å². The maximum Gasteiger partial charge on any atom is 0.229 e. The number of rotatable bonds is 6. The van der Waals surface area contributed by atoms with Crippen LogP contribution in [0.5, 0.6) is 0 Å². The smallest absolute Gasteiger partial charge is 0.229 e. The van der Waals surface area contributed by atoms with Gasteiger partial charge in [0.05, 0.1) is 18.3 Å². The summed E-state index contributed by atoms with van der Waals surface area (Å²) in [6.07, 6.45) is 3.08. The standard InChI is InChI=1S/C21H21N3O/c1-2-16-8-10-18(11-9-16)23-19-12-13-20(22-15-19)24-21(25)14-17-6-4-3-5-7-17/h3-13,15,23H,2,14H2,1H3,(H,22,24,25). The van der Waals surface area contributed by atoms with E-state index >= 15 is 0 Å². The van der Waals surface area contributed by atoms with Crippen LogP contribution in [-0.2, 0) is 17.6 Å². The zero-order chi connectivity index (χ0) is 17.5. The molecule has 0 bridgehead atoms. The minimum absolute atomic E-state index is 0.0745. The summed E-state index contributed by atoms with van der Waals surface area (Å²) in [7, 11) is 0. The van der Waals surface area contributed by atoms with Gasteiger partial charge in [-0.2, -0.15) is 0 Å². The van der Waals surface area contributed by atoms with Crippen LogP contribution in [0, 0.1) is 0 Å². The van der Waals surface area contributed by atoms with Gasteiger partial charge in [0.2, 0.25) is 5.91 Å². The van der Waals surface area contributed by atoms with E-state index in [0.29, 0.717) is 12.2 Å². The number of benzene rings is 2. The minimum Gasteiger partial charge on any atom is -0.354 e. The molecular formula is C21H21N3O. The van der Waals surface area contributed by atoms with Crippen molar-refractivity contribution in [3.8, 4) is 0 Å². The van der Waals surface area contributed by atoms with Crippen molar-refractivity contribution < 1.29 is 4.79 Å². The molecule has 1 aromatic heterocycles. The molecule has 0 aliphatic heterocycles. The zero-order valence-electron chi connectivity index (χ0n) is 14.2. The largest absolute Gasteiger partial charge is 0.354 e. The summed E-state index contributed by atoms with van der Waals surface area (Å²) in [4.78, 5) is 16.3. The molecular weight excluding hydrogens is 310 g/mol. The van der Waals surface area contributed by atoms with E-state index in [1.807, 2.05) is 48.5 Å². The zero-order valence-corrected chi connectivity index (χ0v) is 14.2. The second kappa shape index (κ2) is 8.11. The Balaban J connectivity index is 1.57. The van der Waals surface area contributed by atoms with Gasteiger partial charge in [-0.25, -0.2) is 4.98 Å². The molecule has 0 fully saturated rings. The number of aromatic nitrogens is 1. The Hall–Kier alpha value is -3.14. The fourth-order valence-electron chi connectivity index (χ4n) is 2.50. The monoisotopic (exact) mass is 331 g/mol. The molecule has 0 unspecified atom stereocenters. The maximum absolute atomic E-state index is 12.1. The van der Waals surface area contributed by atoms with Gasteiger partial charge in [0.15, 0.2) is 0 Å². The van der Waals surface area contributed by atoms with Gasteiger partial charge >= 0.3 is 0 Å². The number of carbonyl (C=O) groups excluding carboxylic acids is 1. The average Bonchev–Trinajstić information content (AvgIpc) is 2.65. The first-order valence-electron chi connectivity index (χ1n) is 8.39. The quantitative estimate of drug-likeness (QED) is 0.696. The second-order valence-corrected chi connectivity index (χ2v) is 5.82. The second-order valence-electron chi connectivity index (χ2n) is 5.82. The average molecular weight is 331 g/mol. The van der Waals surface area contributed by atoms with E-state index in [1.54, 1.807) is 12.3 Å². The fourth-order valence-corrected chi connectivity index (χ4v) is 2.50. The van der Waals surface area contributed by atoms with Crippen LogP contribution in [0.15, 0.2) is 72.9 Å². The van der Waals surface area contributed by atoms with E-state index in [0.717, 1.165) is 23.4 Å². The summed E-state index contributed by atoms with van der Waals surface area (Å²) >= 11 is 0. The summed E-state index contributed by atoms with van der Waals surface area (Å²) in [6.45, 7) is 2.14. The molecule has 0 aliphatic rings. The van der Waals surface area contributed by atoms with Crippen molar-refractivity contribution >= 4 is 23.1 Å². The summed E-state index contributed by atoms with van der Waals surface area (Å²) in [6, 6.07) is 21.7. The highest BCUT2D eigenvalue weighted by Gasteiger charge is 2.05. The maximum atomic E-state index is 12.1. The van der Waals surface area contributed by atoms with Crippen molar-refractivity contribution in [2.75, 3.05) is 10.6 Å². The van der Waals surface area contributed by atoms with Crippen LogP contribution in [0.25, 0.3) is 0 Å². The van der Waals surface area contributed by atoms with E-state index in [-0.39, 0.29) is 5.91 Å². The molecule has 0 spiro atoms. The van der Waals surface area contributed by atoms with Crippen LogP contribution < -0.4 is 10.6 Å². The molecule has 2 N–H and O–H groups in total. The molecule has 0 aliphatic carbocycles. The number of aryl methyl sites for hydroxylation is 1. The third-order valence-corrected chi connectivity index (χ3v) is 3.89. The lowest BCUT2D eigenvalue weighted by molar-refractivity contribution is -0.115. The van der Waals surface area contributed by atoms with E-state index in [2.05, 4.69) is 34.7 Å². The number of anilines is 3. The van der Waals surface area contributed by atoms with E-state index in [1.165, 1.54) is 5.56 Å². The molecule has 0 radical (unpaired) electrons. The highest BCUT2D eigenvalue weighted by molar-refractivity contribution is 5.91. The molecule has 3 aromatic rings. The molecule has 2 aromatic carbocycles. The van der Waals surface area contributed by atoms with Crippen LogP contribution in [0.1, 0.15) is 18.1 Å². The van der Waals surface area contributed by atoms with Gasteiger partial charge in [0.25, 0.3) is 0 Å². The molecule has 3 rings (SSSR count). The molecule has 0 saturated carbocycles. The molecule has 126 valence electrons. The lowest BCUT2D eigenvalue weighted by Crippen LogP contribution is -2.15. The molecule has 4 heteroatoms. The third-order valence-electron chi connectivity index (χ3n) is 3.89. The van der Waals surface area contributed by atoms with Crippen LogP contribution >= 0.6 is 0 Å². The van der Waals surface area contributed by atoms with Gasteiger partial charge in [0, 0.05) is 5.69 Å². The number of nitrogens with zero attached hydrogens (tertiary/aromatic N) is 1. The third kappa shape index (κ3) is 4.91. The van der Waals surface area contributed by atoms with Crippen molar-refractivity contribution in [3.05, 3.63) is 84.1 Å². The van der Waals surface area contributed by atoms with Crippen molar-refractivity contribution in [1.29, 1.82) is 0 Å². The Morgan fingerprint density at radius 2 is 1.60 bits per heavy atom. The first kappa shape index (κ1) is 16.7. The highest BCUT2D eigenvalue weighted by Crippen LogP contribution is 2.18. The first-order valence-corrected chi connectivity index (χ1v) is 8.39. The normalized spacial score (nSPS) is 10.3. The first-order chi connectivity index (χ1) is 12.2. The molecule has 0 saturated heterocycles. The number of carbonyl (C=O) groups is 1. The van der Waals surface area contributed by atoms with Crippen LogP contribution in [0.2, 0.25) is 0 Å². The molecule has 1 amide bonds. The topological polar surface area (TPSA) is 54.0 Å². The number of amides is 1. The lowest BCUT2D eigenvalue weighted by atomic mass is 10.1. The predicted molar refractivity (Wildman–Crippen MR) is 102 cm³/mol. The van der Waals surface area contributed by atoms with Gasteiger partial charge in [-0.1, -0.05) is 49.4 Å². The Labute approximate surface area is 147 Å². The van der Waals surface area contributed by atoms with Crippen molar-refractivity contribution in [3.63, 3.8) is 0 Å². The van der Waals surface area contributed by atoms with Gasteiger partial charge in [-0.3, -0.25) is 4.79 Å². The number of nitrogens with one attached hydrogen (secondary N) is 2. The number of hydrogen-bond donors (Lipinski definition) is 2. The molecule has 0 atom stereocenters. The highest BCUT2D eigenvalue weighted by atomic mass is 16.1. The Morgan fingerprint density at radius 1 is 0.880 bits per heavy atom. The SMILES string of the molecule is CCc1ccc(Nc2ccc(NC(=O)Cc3ccccc3)nc2)cc1. The number of pyridine rings is 1. The Bertz CT molecular complexity index is 812. The summed E-state index contributed by atoms with van der Waals surface area (Å²) in [5.74, 6) is 0.474. The molecule has 4 nitrogen and oxygen atoms in total. The van der Waals surface area contributed by atoms with E-state index in [4.69, 9.17) is 0 Å². The summed E-state index contributed by atoms with van der Waals surface area (Å²) in [5.41, 5.74) is 4.18. The van der Waals surface area contributed by atoms with Gasteiger partial charge in [-0.05, 0) is 41.8 Å². The van der Waals surface area contributed by atoms with Gasteiger partial charge < -0.3 is 10.6 Å². The van der Waals surface area contributed by atoms with Crippen LogP contribution in [-0.4, -0.2) is 10.9 Å². The van der Waals surface area contributed by atoms with Crippen molar-refractivity contribution in [1.82, 2.24) is 4.98 Å². The predicted octanol–water partition coefficient (Wildman–Crippen LogP) is 4.57. The van der Waals surface area contributed by atoms with Crippen molar-refractivity contribution in [2.24, 2.45) is 0 Å². The lowest BCUT2D eigenvalue weighted by Gasteiger charge is -2.08. The Morgan fingerprint density at radius 3 is 2.24 bits per heavy atom. The molecule has 25 heavy (non-hydrogen) atoms. The summed E-state index contributed by atoms with van der Waals surface area (Å²) < 4.78 is 0. The van der Waals surface area contributed by atoms with Gasteiger partial charge in [-0.15, -0.1) is 0 Å². The minimum atomic E-state index is -0.0745. The molecule has 1 heterocycles. The number of hydrogen-bond acceptors (Lipinski definition) is 3. The van der Waals surface area contributed by atoms with E-state index in [9.17, 15) is 4.79 Å². The summed E-state index contributed by atoms with van der Waals surface area (Å²) in [5, 5.41) is 6.12. The van der Waals surface area contributed by atoms with Gasteiger partial charge in [0.1, 0.15) is 5.82 Å². The van der Waals surface area contributed by atoms with Crippen molar-refractivity contribution in [2.45, 2.75) is 19.8 Å². The fraction of sp³-hybridized carbons (Fsp3) is 0.143. The van der Waals surface area contributed by atoms with Crippen LogP contribution in [0.3, 0.4) is 0 Å². The van der Waals surface area contributed by atoms with Crippen LogP contribution in [0.4, 0.5) is 17.2 Å². The Kier molecular flexibility index (Phi) is 5.42.